The van der Waals surface area contributed by atoms with E-state index in [0.717, 1.165) is 37.6 Å². The van der Waals surface area contributed by atoms with E-state index in [-0.39, 0.29) is 0 Å². The largest absolute Gasteiger partial charge is 0.494 e. The number of ether oxygens (including phenoxy) is 1. The topological polar surface area (TPSA) is 39.1 Å². The highest BCUT2D eigenvalue weighted by molar-refractivity contribution is 5.25. The second-order valence-corrected chi connectivity index (χ2v) is 4.39. The van der Waals surface area contributed by atoms with Gasteiger partial charge in [-0.05, 0) is 25.0 Å². The number of rotatable bonds is 8. The molecule has 102 valence electrons. The van der Waals surface area contributed by atoms with E-state index in [2.05, 4.69) is 21.8 Å². The highest BCUT2D eigenvalue weighted by Gasteiger charge is 2.00. The fourth-order valence-corrected chi connectivity index (χ4v) is 1.88. The highest BCUT2D eigenvalue weighted by Crippen LogP contribution is 2.09. The van der Waals surface area contributed by atoms with Gasteiger partial charge >= 0.3 is 0 Å². The summed E-state index contributed by atoms with van der Waals surface area (Å²) in [5.41, 5.74) is 0. The zero-order chi connectivity index (χ0) is 13.3. The number of aromatic nitrogens is 2. The molecule has 1 N–H and O–H groups in total. The van der Waals surface area contributed by atoms with E-state index < -0.39 is 0 Å². The van der Waals surface area contributed by atoms with E-state index in [4.69, 9.17) is 4.74 Å². The normalized spacial score (nSPS) is 10.4. The Bertz CT molecular complexity index is 467. The van der Waals surface area contributed by atoms with Crippen molar-refractivity contribution in [1.82, 2.24) is 9.55 Å². The van der Waals surface area contributed by atoms with Crippen LogP contribution in [0.5, 0.6) is 5.75 Å². The molecule has 4 heteroatoms. The lowest BCUT2D eigenvalue weighted by Crippen LogP contribution is -2.11. The monoisotopic (exact) mass is 259 g/mol. The number of hydrogen-bond donors (Lipinski definition) is 1. The Morgan fingerprint density at radius 1 is 1.26 bits per heavy atom. The van der Waals surface area contributed by atoms with Crippen molar-refractivity contribution < 1.29 is 4.74 Å². The molecule has 1 aromatic heterocycles. The van der Waals surface area contributed by atoms with Gasteiger partial charge in [-0.15, -0.1) is 0 Å². The van der Waals surface area contributed by atoms with Crippen LogP contribution in [0.3, 0.4) is 0 Å². The van der Waals surface area contributed by atoms with E-state index in [1.54, 1.807) is 0 Å². The maximum absolute atomic E-state index is 5.64. The van der Waals surface area contributed by atoms with E-state index >= 15 is 0 Å². The Balaban J connectivity index is 1.65. The van der Waals surface area contributed by atoms with E-state index in [9.17, 15) is 0 Å². The molecule has 0 amide bonds. The van der Waals surface area contributed by atoms with Crippen molar-refractivity contribution in [3.8, 4) is 5.75 Å². The molecule has 0 saturated carbocycles. The average Bonchev–Trinajstić information content (AvgIpc) is 2.88. The zero-order valence-electron chi connectivity index (χ0n) is 11.4. The van der Waals surface area contributed by atoms with Gasteiger partial charge in [0.1, 0.15) is 5.75 Å². The predicted octanol–water partition coefficient (Wildman–Crippen LogP) is 3.17. The van der Waals surface area contributed by atoms with Gasteiger partial charge in [0, 0.05) is 25.5 Å². The molecule has 0 aliphatic rings. The average molecular weight is 259 g/mol. The molecule has 0 bridgehead atoms. The smallest absolute Gasteiger partial charge is 0.202 e. The summed E-state index contributed by atoms with van der Waals surface area (Å²) in [6.07, 6.45) is 5.90. The van der Waals surface area contributed by atoms with Crippen molar-refractivity contribution in [1.29, 1.82) is 0 Å². The molecule has 0 spiro atoms. The summed E-state index contributed by atoms with van der Waals surface area (Å²) in [6.45, 7) is 4.75. The Morgan fingerprint density at radius 3 is 2.89 bits per heavy atom. The Hall–Kier alpha value is -1.97. The van der Waals surface area contributed by atoms with E-state index in [0.29, 0.717) is 6.61 Å². The van der Waals surface area contributed by atoms with Crippen LogP contribution >= 0.6 is 0 Å². The van der Waals surface area contributed by atoms with Crippen LogP contribution in [0.1, 0.15) is 19.8 Å². The number of para-hydroxylation sites is 1. The molecule has 1 heterocycles. The lowest BCUT2D eigenvalue weighted by molar-refractivity contribution is 0.315. The van der Waals surface area contributed by atoms with Crippen LogP contribution < -0.4 is 10.1 Å². The number of anilines is 1. The molecular weight excluding hydrogens is 238 g/mol. The molecule has 0 unspecified atom stereocenters. The van der Waals surface area contributed by atoms with Crippen molar-refractivity contribution in [3.05, 3.63) is 42.7 Å². The third-order valence-corrected chi connectivity index (χ3v) is 2.80. The summed E-state index contributed by atoms with van der Waals surface area (Å²) >= 11 is 0. The molecule has 4 nitrogen and oxygen atoms in total. The molecular formula is C15H21N3O. The number of aryl methyl sites for hydroxylation is 1. The first kappa shape index (κ1) is 13.5. The van der Waals surface area contributed by atoms with Gasteiger partial charge in [0.2, 0.25) is 5.95 Å². The summed E-state index contributed by atoms with van der Waals surface area (Å²) in [5.74, 6) is 1.87. The van der Waals surface area contributed by atoms with Crippen molar-refractivity contribution in [2.75, 3.05) is 18.5 Å². The minimum Gasteiger partial charge on any atom is -0.494 e. The maximum Gasteiger partial charge on any atom is 0.202 e. The molecule has 2 aromatic rings. The standard InChI is InChI=1S/C15H21N3O/c1-2-11-18-12-10-17-15(18)16-9-6-13-19-14-7-4-3-5-8-14/h3-5,7-8,10,12H,2,6,9,11,13H2,1H3,(H,16,17). The molecule has 1 aromatic carbocycles. The van der Waals surface area contributed by atoms with Crippen LogP contribution in [-0.4, -0.2) is 22.7 Å². The Labute approximate surface area is 114 Å². The van der Waals surface area contributed by atoms with Crippen LogP contribution in [-0.2, 0) is 6.54 Å². The highest BCUT2D eigenvalue weighted by atomic mass is 16.5. The molecule has 0 saturated heterocycles. The van der Waals surface area contributed by atoms with Crippen LogP contribution in [0.2, 0.25) is 0 Å². The first-order chi connectivity index (χ1) is 9.40. The van der Waals surface area contributed by atoms with Crippen LogP contribution in [0.15, 0.2) is 42.7 Å². The van der Waals surface area contributed by atoms with Gasteiger partial charge in [0.05, 0.1) is 6.61 Å². The van der Waals surface area contributed by atoms with Crippen LogP contribution in [0.4, 0.5) is 5.95 Å². The molecule has 19 heavy (non-hydrogen) atoms. The molecule has 0 atom stereocenters. The summed E-state index contributed by atoms with van der Waals surface area (Å²) in [7, 11) is 0. The maximum atomic E-state index is 5.64. The Morgan fingerprint density at radius 2 is 2.11 bits per heavy atom. The summed E-state index contributed by atoms with van der Waals surface area (Å²) < 4.78 is 7.77. The van der Waals surface area contributed by atoms with Gasteiger partial charge in [-0.25, -0.2) is 4.98 Å². The lowest BCUT2D eigenvalue weighted by Gasteiger charge is -2.09. The minimum atomic E-state index is 0.714. The van der Waals surface area contributed by atoms with Gasteiger partial charge in [0.25, 0.3) is 0 Å². The number of hydrogen-bond acceptors (Lipinski definition) is 3. The van der Waals surface area contributed by atoms with Gasteiger partial charge in [-0.2, -0.15) is 0 Å². The molecule has 2 rings (SSSR count). The van der Waals surface area contributed by atoms with Crippen LogP contribution in [0, 0.1) is 0 Å². The van der Waals surface area contributed by atoms with E-state index in [1.165, 1.54) is 0 Å². The second kappa shape index (κ2) is 7.46. The quantitative estimate of drug-likeness (QED) is 0.740. The SMILES string of the molecule is CCCn1ccnc1NCCCOc1ccccc1. The third kappa shape index (κ3) is 4.32. The summed E-state index contributed by atoms with van der Waals surface area (Å²) in [6, 6.07) is 9.90. The fourth-order valence-electron chi connectivity index (χ4n) is 1.88. The lowest BCUT2D eigenvalue weighted by atomic mass is 10.3. The van der Waals surface area contributed by atoms with Crippen molar-refractivity contribution in [2.24, 2.45) is 0 Å². The first-order valence-corrected chi connectivity index (χ1v) is 6.83. The van der Waals surface area contributed by atoms with Crippen LogP contribution in [0.25, 0.3) is 0 Å². The number of imidazole rings is 1. The molecule has 0 aliphatic carbocycles. The number of nitrogens with one attached hydrogen (secondary N) is 1. The fraction of sp³-hybridized carbons (Fsp3) is 0.400. The van der Waals surface area contributed by atoms with Crippen molar-refractivity contribution in [3.63, 3.8) is 0 Å². The van der Waals surface area contributed by atoms with Gasteiger partial charge in [0.15, 0.2) is 0 Å². The van der Waals surface area contributed by atoms with Crippen molar-refractivity contribution in [2.45, 2.75) is 26.3 Å². The van der Waals surface area contributed by atoms with Crippen molar-refractivity contribution >= 4 is 5.95 Å². The summed E-state index contributed by atoms with van der Waals surface area (Å²) in [4.78, 5) is 4.30. The third-order valence-electron chi connectivity index (χ3n) is 2.80. The molecule has 0 aliphatic heterocycles. The summed E-state index contributed by atoms with van der Waals surface area (Å²) in [5, 5.41) is 3.34. The van der Waals surface area contributed by atoms with Gasteiger partial charge in [-0.3, -0.25) is 0 Å². The van der Waals surface area contributed by atoms with Gasteiger partial charge in [-0.1, -0.05) is 25.1 Å². The second-order valence-electron chi connectivity index (χ2n) is 4.39. The van der Waals surface area contributed by atoms with E-state index in [1.807, 2.05) is 42.7 Å². The molecule has 0 radical (unpaired) electrons. The Kier molecular flexibility index (Phi) is 5.29. The predicted molar refractivity (Wildman–Crippen MR) is 77.6 cm³/mol. The first-order valence-electron chi connectivity index (χ1n) is 6.83. The number of nitrogens with zero attached hydrogens (tertiary/aromatic N) is 2. The van der Waals surface area contributed by atoms with Gasteiger partial charge < -0.3 is 14.6 Å². The minimum absolute atomic E-state index is 0.714. The number of benzene rings is 1. The zero-order valence-corrected chi connectivity index (χ0v) is 11.4. The molecule has 0 fully saturated rings.